The molecule has 1 aliphatic heterocycles. The second kappa shape index (κ2) is 7.49. The van der Waals surface area contributed by atoms with Crippen LogP contribution in [-0.4, -0.2) is 29.5 Å². The smallest absolute Gasteiger partial charge is 0.125 e. The molecule has 0 aliphatic carbocycles. The van der Waals surface area contributed by atoms with Crippen LogP contribution in [-0.2, 0) is 6.54 Å². The van der Waals surface area contributed by atoms with Crippen LogP contribution < -0.4 is 5.32 Å². The van der Waals surface area contributed by atoms with Crippen molar-refractivity contribution in [3.63, 3.8) is 0 Å². The van der Waals surface area contributed by atoms with E-state index in [1.807, 2.05) is 6.20 Å². The lowest BCUT2D eigenvalue weighted by Crippen LogP contribution is -2.34. The summed E-state index contributed by atoms with van der Waals surface area (Å²) < 4.78 is 0. The van der Waals surface area contributed by atoms with Crippen molar-refractivity contribution in [2.24, 2.45) is 5.92 Å². The van der Waals surface area contributed by atoms with Gasteiger partial charge in [-0.15, -0.1) is 0 Å². The average Bonchev–Trinajstić information content (AvgIpc) is 2.47. The van der Waals surface area contributed by atoms with E-state index in [1.165, 1.54) is 37.9 Å². The Morgan fingerprint density at radius 3 is 2.95 bits per heavy atom. The number of rotatable bonds is 6. The first-order valence-corrected chi connectivity index (χ1v) is 7.73. The third-order valence-electron chi connectivity index (χ3n) is 3.97. The molecule has 1 atom stereocenters. The summed E-state index contributed by atoms with van der Waals surface area (Å²) in [4.78, 5) is 7.06. The summed E-state index contributed by atoms with van der Waals surface area (Å²) in [7, 11) is 0. The summed E-state index contributed by atoms with van der Waals surface area (Å²) in [5.74, 6) is 1.89. The molecule has 3 heteroatoms. The summed E-state index contributed by atoms with van der Waals surface area (Å²) in [6, 6.07) is 4.31. The maximum absolute atomic E-state index is 4.48. The molecule has 0 bridgehead atoms. The first-order chi connectivity index (χ1) is 9.31. The van der Waals surface area contributed by atoms with Gasteiger partial charge in [0.2, 0.25) is 0 Å². The molecule has 0 radical (unpaired) electrons. The minimum atomic E-state index is 0.896. The molecule has 3 nitrogen and oxygen atoms in total. The van der Waals surface area contributed by atoms with E-state index < -0.39 is 0 Å². The van der Waals surface area contributed by atoms with Gasteiger partial charge in [-0.1, -0.05) is 26.3 Å². The molecule has 106 valence electrons. The van der Waals surface area contributed by atoms with Crippen molar-refractivity contribution >= 4 is 5.82 Å². The lowest BCUT2D eigenvalue weighted by Gasteiger charge is -2.32. The number of nitrogens with zero attached hydrogens (tertiary/aromatic N) is 2. The second-order valence-electron chi connectivity index (χ2n) is 5.63. The molecule has 1 saturated heterocycles. The first kappa shape index (κ1) is 14.3. The number of nitrogens with one attached hydrogen (secondary N) is 1. The van der Waals surface area contributed by atoms with Gasteiger partial charge in [0.15, 0.2) is 0 Å². The van der Waals surface area contributed by atoms with Crippen LogP contribution in [0.25, 0.3) is 0 Å². The molecule has 0 spiro atoms. The Morgan fingerprint density at radius 2 is 2.26 bits per heavy atom. The molecule has 2 heterocycles. The molecule has 2 rings (SSSR count). The Balaban J connectivity index is 1.85. The Hall–Kier alpha value is -1.09. The van der Waals surface area contributed by atoms with Gasteiger partial charge in [0.1, 0.15) is 5.82 Å². The highest BCUT2D eigenvalue weighted by atomic mass is 15.1. The molecule has 1 unspecified atom stereocenters. The summed E-state index contributed by atoms with van der Waals surface area (Å²) in [5.41, 5.74) is 1.33. The van der Waals surface area contributed by atoms with Gasteiger partial charge in [-0.25, -0.2) is 4.98 Å². The largest absolute Gasteiger partial charge is 0.370 e. The lowest BCUT2D eigenvalue weighted by atomic mass is 9.95. The molecule has 1 fully saturated rings. The number of likely N-dealkylation sites (tertiary alicyclic amines) is 1. The van der Waals surface area contributed by atoms with Crippen molar-refractivity contribution in [1.82, 2.24) is 9.88 Å². The molecule has 0 saturated carbocycles. The Labute approximate surface area is 117 Å². The number of piperidine rings is 1. The van der Waals surface area contributed by atoms with Crippen LogP contribution >= 0.6 is 0 Å². The molecule has 1 N–H and O–H groups in total. The van der Waals surface area contributed by atoms with E-state index in [0.717, 1.165) is 31.2 Å². The Morgan fingerprint density at radius 1 is 1.37 bits per heavy atom. The van der Waals surface area contributed by atoms with E-state index >= 15 is 0 Å². The van der Waals surface area contributed by atoms with Crippen LogP contribution in [0.4, 0.5) is 5.82 Å². The predicted molar refractivity (Wildman–Crippen MR) is 81.3 cm³/mol. The summed E-state index contributed by atoms with van der Waals surface area (Å²) in [6.45, 7) is 9.03. The van der Waals surface area contributed by atoms with E-state index in [4.69, 9.17) is 0 Å². The van der Waals surface area contributed by atoms with Crippen LogP contribution in [0.1, 0.15) is 45.1 Å². The van der Waals surface area contributed by atoms with E-state index in [-0.39, 0.29) is 0 Å². The molecular weight excluding hydrogens is 234 g/mol. The van der Waals surface area contributed by atoms with Gasteiger partial charge in [0.25, 0.3) is 0 Å². The maximum Gasteiger partial charge on any atom is 0.125 e. The van der Waals surface area contributed by atoms with Gasteiger partial charge in [0, 0.05) is 25.8 Å². The molecule has 1 aromatic heterocycles. The van der Waals surface area contributed by atoms with Gasteiger partial charge in [0.05, 0.1) is 0 Å². The van der Waals surface area contributed by atoms with Gasteiger partial charge in [-0.2, -0.15) is 0 Å². The maximum atomic E-state index is 4.48. The number of anilines is 1. The van der Waals surface area contributed by atoms with Crippen LogP contribution in [0.2, 0.25) is 0 Å². The van der Waals surface area contributed by atoms with Crippen molar-refractivity contribution in [1.29, 1.82) is 0 Å². The molecule has 1 aromatic rings. The minimum absolute atomic E-state index is 0.896. The molecule has 19 heavy (non-hydrogen) atoms. The topological polar surface area (TPSA) is 28.2 Å². The summed E-state index contributed by atoms with van der Waals surface area (Å²) in [6.07, 6.45) is 7.23. The van der Waals surface area contributed by atoms with E-state index in [1.54, 1.807) is 0 Å². The number of aromatic nitrogens is 1. The highest BCUT2D eigenvalue weighted by Crippen LogP contribution is 2.20. The SMILES string of the molecule is CCCNc1ccc(CN2CCCC(CC)C2)cn1. The molecular formula is C16H27N3. The fourth-order valence-corrected chi connectivity index (χ4v) is 2.76. The fourth-order valence-electron chi connectivity index (χ4n) is 2.76. The third-order valence-corrected chi connectivity index (χ3v) is 3.97. The normalized spacial score (nSPS) is 20.4. The van der Waals surface area contributed by atoms with E-state index in [2.05, 4.69) is 41.2 Å². The summed E-state index contributed by atoms with van der Waals surface area (Å²) in [5, 5.41) is 3.32. The zero-order valence-corrected chi connectivity index (χ0v) is 12.4. The van der Waals surface area contributed by atoms with Crippen molar-refractivity contribution in [3.8, 4) is 0 Å². The predicted octanol–water partition coefficient (Wildman–Crippen LogP) is 3.53. The summed E-state index contributed by atoms with van der Waals surface area (Å²) >= 11 is 0. The van der Waals surface area contributed by atoms with Crippen molar-refractivity contribution < 1.29 is 0 Å². The fraction of sp³-hybridized carbons (Fsp3) is 0.688. The molecule has 1 aliphatic rings. The monoisotopic (exact) mass is 261 g/mol. The molecule has 0 amide bonds. The van der Waals surface area contributed by atoms with Crippen molar-refractivity contribution in [3.05, 3.63) is 23.9 Å². The zero-order chi connectivity index (χ0) is 13.5. The van der Waals surface area contributed by atoms with Gasteiger partial charge in [-0.3, -0.25) is 4.90 Å². The highest BCUT2D eigenvalue weighted by molar-refractivity contribution is 5.35. The zero-order valence-electron chi connectivity index (χ0n) is 12.4. The molecule has 0 aromatic carbocycles. The van der Waals surface area contributed by atoms with E-state index in [9.17, 15) is 0 Å². The van der Waals surface area contributed by atoms with Gasteiger partial charge < -0.3 is 5.32 Å². The van der Waals surface area contributed by atoms with Crippen molar-refractivity contribution in [2.75, 3.05) is 25.0 Å². The third kappa shape index (κ3) is 4.50. The highest BCUT2D eigenvalue weighted by Gasteiger charge is 2.18. The van der Waals surface area contributed by atoms with E-state index in [0.29, 0.717) is 0 Å². The number of pyridine rings is 1. The minimum Gasteiger partial charge on any atom is -0.370 e. The average molecular weight is 261 g/mol. The van der Waals surface area contributed by atoms with Crippen LogP contribution in [0.5, 0.6) is 0 Å². The van der Waals surface area contributed by atoms with Crippen LogP contribution in [0.15, 0.2) is 18.3 Å². The van der Waals surface area contributed by atoms with Crippen LogP contribution in [0, 0.1) is 5.92 Å². The van der Waals surface area contributed by atoms with Gasteiger partial charge in [-0.05, 0) is 43.4 Å². The first-order valence-electron chi connectivity index (χ1n) is 7.73. The van der Waals surface area contributed by atoms with Crippen molar-refractivity contribution in [2.45, 2.75) is 46.1 Å². The second-order valence-corrected chi connectivity index (χ2v) is 5.63. The van der Waals surface area contributed by atoms with Crippen LogP contribution in [0.3, 0.4) is 0 Å². The van der Waals surface area contributed by atoms with Gasteiger partial charge >= 0.3 is 0 Å². The lowest BCUT2D eigenvalue weighted by molar-refractivity contribution is 0.164. The number of hydrogen-bond acceptors (Lipinski definition) is 3. The Kier molecular flexibility index (Phi) is 5.64. The Bertz CT molecular complexity index is 361. The quantitative estimate of drug-likeness (QED) is 0.849. The standard InChI is InChI=1S/C16H27N3/c1-3-9-17-16-8-7-15(11-18-16)13-19-10-5-6-14(4-2)12-19/h7-8,11,14H,3-6,9-10,12-13H2,1-2H3,(H,17,18). The number of hydrogen-bond donors (Lipinski definition) is 1.